The lowest BCUT2D eigenvalue weighted by Crippen LogP contribution is -2.40. The minimum Gasteiger partial charge on any atom is -0.341 e. The van der Waals surface area contributed by atoms with E-state index in [0.717, 1.165) is 63.0 Å². The maximum atomic E-state index is 13.8. The number of Topliss-reactive ketones (excluding diaryl/α,β-unsaturated/α-hetero) is 2. The van der Waals surface area contributed by atoms with Crippen LogP contribution in [-0.4, -0.2) is 22.5 Å². The molecule has 3 aliphatic carbocycles. The maximum absolute atomic E-state index is 13.8. The molecule has 0 N–H and O–H groups in total. The van der Waals surface area contributed by atoms with E-state index < -0.39 is 0 Å². The summed E-state index contributed by atoms with van der Waals surface area (Å²) in [5.41, 5.74) is 6.60. The first-order chi connectivity index (χ1) is 14.9. The number of carbonyl (C=O) groups is 2. The third-order valence-corrected chi connectivity index (χ3v) is 7.58. The summed E-state index contributed by atoms with van der Waals surface area (Å²) >= 11 is 3.53. The third-order valence-electron chi connectivity index (χ3n) is 7.05. The molecule has 2 aromatic carbocycles. The lowest BCUT2D eigenvalue weighted by atomic mass is 9.68. The summed E-state index contributed by atoms with van der Waals surface area (Å²) in [6, 6.07) is 16.5. The van der Waals surface area contributed by atoms with Crippen LogP contribution in [0.1, 0.15) is 66.9 Å². The molecule has 1 saturated carbocycles. The Morgan fingerprint density at radius 3 is 2.26 bits per heavy atom. The summed E-state index contributed by atoms with van der Waals surface area (Å²) in [6.45, 7) is 4.37. The number of benzene rings is 2. The van der Waals surface area contributed by atoms with Gasteiger partial charge in [0.2, 0.25) is 0 Å². The van der Waals surface area contributed by atoms with Gasteiger partial charge in [-0.25, -0.2) is 0 Å². The Kier molecular flexibility index (Phi) is 4.05. The van der Waals surface area contributed by atoms with Gasteiger partial charge in [-0.05, 0) is 42.4 Å². The molecule has 0 amide bonds. The first kappa shape index (κ1) is 19.2. The number of fused-ring (bicyclic) bond motifs is 2. The molecule has 0 radical (unpaired) electrons. The molecule has 1 aliphatic heterocycles. The van der Waals surface area contributed by atoms with Crippen LogP contribution in [0.5, 0.6) is 0 Å². The minimum absolute atomic E-state index is 0.0759. The monoisotopic (exact) mass is 473 g/mol. The number of hydrogen-bond donors (Lipinski definition) is 0. The minimum atomic E-state index is -0.295. The van der Waals surface area contributed by atoms with Gasteiger partial charge < -0.3 is 4.90 Å². The molecule has 6 rings (SSSR count). The van der Waals surface area contributed by atoms with Crippen molar-refractivity contribution in [1.82, 2.24) is 4.90 Å². The van der Waals surface area contributed by atoms with Crippen molar-refractivity contribution in [2.75, 3.05) is 0 Å². The highest BCUT2D eigenvalue weighted by atomic mass is 79.9. The van der Waals surface area contributed by atoms with Crippen LogP contribution >= 0.6 is 15.9 Å². The molecule has 3 nitrogen and oxygen atoms in total. The molecule has 1 fully saturated rings. The lowest BCUT2D eigenvalue weighted by molar-refractivity contribution is -0.118. The van der Waals surface area contributed by atoms with E-state index >= 15 is 0 Å². The average Bonchev–Trinajstić information content (AvgIpc) is 3.52. The van der Waals surface area contributed by atoms with E-state index in [2.05, 4.69) is 52.9 Å². The van der Waals surface area contributed by atoms with Crippen molar-refractivity contribution in [2.45, 2.75) is 51.5 Å². The van der Waals surface area contributed by atoms with E-state index in [-0.39, 0.29) is 22.9 Å². The van der Waals surface area contributed by atoms with Crippen molar-refractivity contribution in [3.05, 3.63) is 86.5 Å². The highest BCUT2D eigenvalue weighted by Gasteiger charge is 2.51. The van der Waals surface area contributed by atoms with Crippen molar-refractivity contribution in [3.63, 3.8) is 0 Å². The van der Waals surface area contributed by atoms with E-state index in [0.29, 0.717) is 12.5 Å². The van der Waals surface area contributed by atoms with Gasteiger partial charge in [0.25, 0.3) is 0 Å². The number of hydrogen-bond acceptors (Lipinski definition) is 3. The molecular weight excluding hydrogens is 450 g/mol. The summed E-state index contributed by atoms with van der Waals surface area (Å²) < 4.78 is 0.993. The highest BCUT2D eigenvalue weighted by molar-refractivity contribution is 9.10. The van der Waals surface area contributed by atoms with Crippen LogP contribution in [0.15, 0.2) is 69.8 Å². The summed E-state index contributed by atoms with van der Waals surface area (Å²) in [6.07, 6.45) is 3.62. The second-order valence-corrected chi connectivity index (χ2v) is 10.9. The third kappa shape index (κ3) is 2.84. The Labute approximate surface area is 191 Å². The quantitative estimate of drug-likeness (QED) is 0.516. The lowest BCUT2D eigenvalue weighted by Gasteiger charge is -2.45. The van der Waals surface area contributed by atoms with Crippen molar-refractivity contribution in [3.8, 4) is 0 Å². The zero-order valence-corrected chi connectivity index (χ0v) is 19.3. The highest BCUT2D eigenvalue weighted by Crippen LogP contribution is 2.57. The number of nitrogens with zero attached hydrogens (tertiary/aromatic N) is 1. The van der Waals surface area contributed by atoms with Crippen molar-refractivity contribution in [2.24, 2.45) is 5.41 Å². The molecule has 0 saturated heterocycles. The van der Waals surface area contributed by atoms with Crippen molar-refractivity contribution < 1.29 is 9.59 Å². The molecule has 4 aliphatic rings. The second-order valence-electron chi connectivity index (χ2n) is 10.0. The van der Waals surface area contributed by atoms with Gasteiger partial charge in [0.15, 0.2) is 11.6 Å². The maximum Gasteiger partial charge on any atom is 0.192 e. The van der Waals surface area contributed by atoms with Gasteiger partial charge in [-0.1, -0.05) is 66.2 Å². The molecular formula is C27H24BrNO2. The molecule has 4 heteroatoms. The fraction of sp³-hybridized carbons (Fsp3) is 0.333. The molecule has 2 aromatic rings. The number of ketones is 2. The van der Waals surface area contributed by atoms with Crippen LogP contribution in [0.4, 0.5) is 0 Å². The van der Waals surface area contributed by atoms with E-state index in [1.54, 1.807) is 0 Å². The van der Waals surface area contributed by atoms with Gasteiger partial charge in [-0.3, -0.25) is 9.59 Å². The standard InChI is InChI=1S/C27H24BrNO2/c1-27(2)13-20-23(21(30)14-27)22(15-7-9-16(28)10-8-15)24-25(29(20)17-11-12-17)18-5-3-4-6-19(18)26(24)31/h3-10,17,22H,11-14H2,1-2H3. The Morgan fingerprint density at radius 2 is 1.58 bits per heavy atom. The van der Waals surface area contributed by atoms with Gasteiger partial charge >= 0.3 is 0 Å². The van der Waals surface area contributed by atoms with Gasteiger partial charge in [-0.2, -0.15) is 0 Å². The molecule has 156 valence electrons. The Morgan fingerprint density at radius 1 is 0.903 bits per heavy atom. The van der Waals surface area contributed by atoms with Crippen LogP contribution in [0, 0.1) is 5.41 Å². The summed E-state index contributed by atoms with van der Waals surface area (Å²) in [5.74, 6) is -0.0231. The zero-order chi connectivity index (χ0) is 21.5. The fourth-order valence-electron chi connectivity index (χ4n) is 5.66. The van der Waals surface area contributed by atoms with Gasteiger partial charge in [-0.15, -0.1) is 0 Å². The Balaban J connectivity index is 1.65. The van der Waals surface area contributed by atoms with E-state index in [1.807, 2.05) is 30.3 Å². The predicted octanol–water partition coefficient (Wildman–Crippen LogP) is 6.26. The molecule has 1 unspecified atom stereocenters. The topological polar surface area (TPSA) is 37.4 Å². The van der Waals surface area contributed by atoms with Crippen LogP contribution in [0.25, 0.3) is 5.70 Å². The zero-order valence-electron chi connectivity index (χ0n) is 17.7. The molecule has 0 bridgehead atoms. The van der Waals surface area contributed by atoms with Gasteiger partial charge in [0, 0.05) is 50.8 Å². The summed E-state index contributed by atoms with van der Waals surface area (Å²) in [7, 11) is 0. The number of carbonyl (C=O) groups excluding carboxylic acids is 2. The summed E-state index contributed by atoms with van der Waals surface area (Å²) in [5, 5.41) is 0. The van der Waals surface area contributed by atoms with Crippen molar-refractivity contribution in [1.29, 1.82) is 0 Å². The molecule has 1 atom stereocenters. The van der Waals surface area contributed by atoms with E-state index in [9.17, 15) is 9.59 Å². The molecule has 31 heavy (non-hydrogen) atoms. The molecule has 1 heterocycles. The predicted molar refractivity (Wildman–Crippen MR) is 124 cm³/mol. The Hall–Kier alpha value is -2.46. The van der Waals surface area contributed by atoms with Gasteiger partial charge in [0.1, 0.15) is 0 Å². The molecule has 0 aromatic heterocycles. The van der Waals surface area contributed by atoms with E-state index in [1.165, 1.54) is 0 Å². The molecule has 0 spiro atoms. The fourth-order valence-corrected chi connectivity index (χ4v) is 5.92. The average molecular weight is 474 g/mol. The van der Waals surface area contributed by atoms with Crippen LogP contribution in [0.3, 0.4) is 0 Å². The van der Waals surface area contributed by atoms with Crippen LogP contribution < -0.4 is 0 Å². The van der Waals surface area contributed by atoms with Crippen LogP contribution in [-0.2, 0) is 4.79 Å². The second kappa shape index (κ2) is 6.52. The van der Waals surface area contributed by atoms with E-state index in [4.69, 9.17) is 0 Å². The normalized spacial score (nSPS) is 24.4. The number of allylic oxidation sites excluding steroid dienone is 3. The largest absolute Gasteiger partial charge is 0.341 e. The van der Waals surface area contributed by atoms with Crippen LogP contribution in [0.2, 0.25) is 0 Å². The smallest absolute Gasteiger partial charge is 0.192 e. The first-order valence-corrected chi connectivity index (χ1v) is 11.8. The van der Waals surface area contributed by atoms with Gasteiger partial charge in [0.05, 0.1) is 5.70 Å². The number of rotatable bonds is 2. The SMILES string of the molecule is CC1(C)CC(=O)C2=C(C1)N(C1CC1)C1=C(C(=O)c3ccccc31)C2c1ccc(Br)cc1. The number of halogens is 1. The summed E-state index contributed by atoms with van der Waals surface area (Å²) in [4.78, 5) is 29.8. The van der Waals surface area contributed by atoms with Crippen molar-refractivity contribution >= 4 is 33.2 Å². The first-order valence-electron chi connectivity index (χ1n) is 11.0. The Bertz CT molecular complexity index is 1210.